The second-order valence-corrected chi connectivity index (χ2v) is 8.48. The van der Waals surface area contributed by atoms with Crippen molar-refractivity contribution in [3.8, 4) is 0 Å². The van der Waals surface area contributed by atoms with Gasteiger partial charge in [0.1, 0.15) is 0 Å². The number of hydrazone groups is 1. The molecule has 0 radical (unpaired) electrons. The molecule has 0 fully saturated rings. The van der Waals surface area contributed by atoms with E-state index in [0.717, 1.165) is 17.7 Å². The highest BCUT2D eigenvalue weighted by Crippen LogP contribution is 2.25. The second-order valence-electron chi connectivity index (χ2n) is 8.04. The molecule has 37 heavy (non-hydrogen) atoms. The molecule has 3 aromatic carbocycles. The number of nitro benzene ring substituents is 1. The fourth-order valence-electron chi connectivity index (χ4n) is 3.71. The third-order valence-electron chi connectivity index (χ3n) is 5.62. The van der Waals surface area contributed by atoms with E-state index in [-0.39, 0.29) is 23.5 Å². The predicted molar refractivity (Wildman–Crippen MR) is 134 cm³/mol. The summed E-state index contributed by atoms with van der Waals surface area (Å²) in [4.78, 5) is 62.3. The number of nitrogens with zero attached hydrogens (tertiary/aromatic N) is 3. The van der Waals surface area contributed by atoms with Gasteiger partial charge >= 0.3 is 0 Å². The zero-order chi connectivity index (χ0) is 26.5. The Morgan fingerprint density at radius 3 is 2.24 bits per heavy atom. The van der Waals surface area contributed by atoms with Crippen molar-refractivity contribution >= 4 is 46.5 Å². The largest absolute Gasteiger partial charge is 0.349 e. The molecule has 1 aliphatic heterocycles. The molecular weight excluding hydrogens is 500 g/mol. The first-order valence-corrected chi connectivity index (χ1v) is 11.5. The summed E-state index contributed by atoms with van der Waals surface area (Å²) in [7, 11) is 0. The number of nitro groups is 1. The highest BCUT2D eigenvalue weighted by atomic mass is 35.5. The van der Waals surface area contributed by atoms with Crippen LogP contribution in [0, 0.1) is 16.0 Å². The molecule has 4 rings (SSSR count). The van der Waals surface area contributed by atoms with Crippen molar-refractivity contribution in [3.63, 3.8) is 0 Å². The number of carbonyl (C=O) groups excluding carboxylic acids is 4. The summed E-state index contributed by atoms with van der Waals surface area (Å²) in [6, 6.07) is 19.9. The van der Waals surface area contributed by atoms with Gasteiger partial charge in [0.05, 0.1) is 10.6 Å². The molecule has 0 saturated carbocycles. The number of carbonyl (C=O) groups is 4. The van der Waals surface area contributed by atoms with Crippen molar-refractivity contribution in [3.05, 3.63) is 111 Å². The number of hydrogen-bond donors (Lipinski definition) is 1. The lowest BCUT2D eigenvalue weighted by molar-refractivity contribution is -0.384. The van der Waals surface area contributed by atoms with E-state index in [9.17, 15) is 29.3 Å². The average molecular weight is 519 g/mol. The molecule has 186 valence electrons. The molecule has 3 aromatic rings. The zero-order valence-electron chi connectivity index (χ0n) is 19.2. The van der Waals surface area contributed by atoms with Gasteiger partial charge in [0.2, 0.25) is 5.78 Å². The van der Waals surface area contributed by atoms with E-state index in [1.54, 1.807) is 54.6 Å². The predicted octanol–water partition coefficient (Wildman–Crippen LogP) is 3.18. The normalized spacial score (nSPS) is 14.7. The summed E-state index contributed by atoms with van der Waals surface area (Å²) in [5, 5.41) is 18.6. The lowest BCUT2D eigenvalue weighted by atomic mass is 9.92. The van der Waals surface area contributed by atoms with Crippen molar-refractivity contribution in [1.82, 2.24) is 10.3 Å². The zero-order valence-corrected chi connectivity index (χ0v) is 19.9. The summed E-state index contributed by atoms with van der Waals surface area (Å²) in [5.74, 6) is -5.53. The van der Waals surface area contributed by atoms with E-state index < -0.39 is 34.3 Å². The minimum absolute atomic E-state index is 0.0429. The molecular formula is C26H19ClN4O6. The molecule has 1 heterocycles. The van der Waals surface area contributed by atoms with Gasteiger partial charge in [0.25, 0.3) is 23.4 Å². The van der Waals surface area contributed by atoms with Gasteiger partial charge in [0.15, 0.2) is 5.92 Å². The van der Waals surface area contributed by atoms with E-state index in [1.807, 2.05) is 0 Å². The molecule has 0 unspecified atom stereocenters. The van der Waals surface area contributed by atoms with Crippen LogP contribution in [0.1, 0.15) is 21.5 Å². The number of nitrogens with one attached hydrogen (secondary N) is 1. The summed E-state index contributed by atoms with van der Waals surface area (Å²) in [6.45, 7) is 0.135. The molecule has 0 aliphatic carbocycles. The van der Waals surface area contributed by atoms with Gasteiger partial charge in [-0.1, -0.05) is 54.1 Å². The monoisotopic (exact) mass is 518 g/mol. The smallest absolute Gasteiger partial charge is 0.288 e. The third-order valence-corrected chi connectivity index (χ3v) is 5.87. The Bertz CT molecular complexity index is 1410. The van der Waals surface area contributed by atoms with Crippen LogP contribution in [0.5, 0.6) is 0 Å². The minimum atomic E-state index is -1.63. The van der Waals surface area contributed by atoms with Crippen LogP contribution < -0.4 is 5.32 Å². The maximum Gasteiger partial charge on any atom is 0.288 e. The molecule has 1 atom stereocenters. The Morgan fingerprint density at radius 2 is 1.62 bits per heavy atom. The van der Waals surface area contributed by atoms with Gasteiger partial charge < -0.3 is 5.32 Å². The molecule has 1 N–H and O–H groups in total. The summed E-state index contributed by atoms with van der Waals surface area (Å²) in [5.41, 5.74) is 0.957. The van der Waals surface area contributed by atoms with Crippen molar-refractivity contribution in [2.24, 2.45) is 11.0 Å². The summed E-state index contributed by atoms with van der Waals surface area (Å²) >= 11 is 5.87. The Balaban J connectivity index is 1.54. The number of hydrogen-bond acceptors (Lipinski definition) is 7. The van der Waals surface area contributed by atoms with Gasteiger partial charge in [-0.3, -0.25) is 29.3 Å². The van der Waals surface area contributed by atoms with E-state index in [1.165, 1.54) is 12.1 Å². The van der Waals surface area contributed by atoms with E-state index in [4.69, 9.17) is 11.6 Å². The maximum atomic E-state index is 13.2. The number of non-ortho nitro benzene ring substituents is 1. The van der Waals surface area contributed by atoms with E-state index in [0.29, 0.717) is 22.0 Å². The maximum absolute atomic E-state index is 13.2. The minimum Gasteiger partial charge on any atom is -0.349 e. The quantitative estimate of drug-likeness (QED) is 0.160. The van der Waals surface area contributed by atoms with Crippen LogP contribution in [-0.4, -0.2) is 45.7 Å². The topological polar surface area (TPSA) is 139 Å². The van der Waals surface area contributed by atoms with Crippen molar-refractivity contribution in [2.75, 3.05) is 6.54 Å². The molecule has 3 amide bonds. The van der Waals surface area contributed by atoms with Crippen LogP contribution in [0.4, 0.5) is 5.69 Å². The number of halogens is 1. The molecule has 0 bridgehead atoms. The number of amides is 3. The van der Waals surface area contributed by atoms with Gasteiger partial charge in [-0.05, 0) is 41.8 Å². The summed E-state index contributed by atoms with van der Waals surface area (Å²) in [6.07, 6.45) is 0.430. The number of ketones is 1. The number of imide groups is 1. The molecule has 0 aromatic heterocycles. The molecule has 0 saturated heterocycles. The SMILES string of the molecule is O=C(NCCc1ccc(Cl)cc1)C(=O)[C@@H]1C(=O)N(C(=O)c2ccc([N+](=O)[O-])cc2)N=C1c1ccccc1. The van der Waals surface area contributed by atoms with Crippen LogP contribution in [0.15, 0.2) is 84.0 Å². The molecule has 1 aliphatic rings. The first kappa shape index (κ1) is 25.4. The first-order chi connectivity index (χ1) is 17.8. The second kappa shape index (κ2) is 10.9. The number of rotatable bonds is 8. The van der Waals surface area contributed by atoms with Gasteiger partial charge in [-0.2, -0.15) is 10.1 Å². The lowest BCUT2D eigenvalue weighted by Crippen LogP contribution is -2.43. The Morgan fingerprint density at radius 1 is 0.973 bits per heavy atom. The lowest BCUT2D eigenvalue weighted by Gasteiger charge is -2.13. The fourth-order valence-corrected chi connectivity index (χ4v) is 3.83. The number of Topliss-reactive ketones (excluding diaryl/α,β-unsaturated/α-hetero) is 1. The van der Waals surface area contributed by atoms with Crippen molar-refractivity contribution in [2.45, 2.75) is 6.42 Å². The van der Waals surface area contributed by atoms with E-state index in [2.05, 4.69) is 10.4 Å². The Kier molecular flexibility index (Phi) is 7.49. The fraction of sp³-hybridized carbons (Fsp3) is 0.115. The van der Waals surface area contributed by atoms with Gasteiger partial charge in [-0.15, -0.1) is 0 Å². The van der Waals surface area contributed by atoms with Crippen LogP contribution in [0.25, 0.3) is 0 Å². The standard InChI is InChI=1S/C26H19ClN4O6/c27-19-10-6-16(7-11-19)14-15-28-24(33)23(32)21-22(17-4-2-1-3-5-17)29-30(26(21)35)25(34)18-8-12-20(13-9-18)31(36)37/h1-13,21H,14-15H2,(H,28,33)/t21-/m1/s1. The van der Waals surface area contributed by atoms with Gasteiger partial charge in [0, 0.05) is 29.3 Å². The average Bonchev–Trinajstić information content (AvgIpc) is 3.26. The molecule has 0 spiro atoms. The Hall–Kier alpha value is -4.70. The highest BCUT2D eigenvalue weighted by Gasteiger charge is 2.46. The van der Waals surface area contributed by atoms with Crippen molar-refractivity contribution in [1.29, 1.82) is 0 Å². The Labute approximate surface area is 215 Å². The third kappa shape index (κ3) is 5.60. The van der Waals surface area contributed by atoms with E-state index >= 15 is 0 Å². The van der Waals surface area contributed by atoms with Crippen LogP contribution in [0.2, 0.25) is 5.02 Å². The number of benzene rings is 3. The van der Waals surface area contributed by atoms with Crippen molar-refractivity contribution < 1.29 is 24.1 Å². The summed E-state index contributed by atoms with van der Waals surface area (Å²) < 4.78 is 0. The molecule has 10 nitrogen and oxygen atoms in total. The first-order valence-electron chi connectivity index (χ1n) is 11.1. The molecule has 11 heteroatoms. The van der Waals surface area contributed by atoms with Gasteiger partial charge in [-0.25, -0.2) is 0 Å². The van der Waals surface area contributed by atoms with Crippen LogP contribution >= 0.6 is 11.6 Å². The van der Waals surface area contributed by atoms with Crippen LogP contribution in [0.3, 0.4) is 0 Å². The van der Waals surface area contributed by atoms with Crippen LogP contribution in [-0.2, 0) is 20.8 Å². The highest BCUT2D eigenvalue weighted by molar-refractivity contribution is 6.48.